The number of hydrogen-bond acceptors (Lipinski definition) is 2. The smallest absolute Gasteiger partial charge is 0.159 e. The molecule has 0 amide bonds. The van der Waals surface area contributed by atoms with Crippen molar-refractivity contribution in [2.24, 2.45) is 0 Å². The average Bonchev–Trinajstić information content (AvgIpc) is 2.92. The quantitative estimate of drug-likeness (QED) is 0.929. The number of H-pyrrole nitrogens is 1. The molecule has 0 radical (unpaired) electrons. The van der Waals surface area contributed by atoms with Crippen LogP contribution in [-0.2, 0) is 6.42 Å². The summed E-state index contributed by atoms with van der Waals surface area (Å²) < 4.78 is 26.0. The summed E-state index contributed by atoms with van der Waals surface area (Å²) in [5, 5.41) is 7.18. The standard InChI is InChI=1S/C15H17F2N3/c16-12-7-6-10(8-13(12)17)9-14-18-15(20-19-14)11-4-2-1-3-5-11/h6-8,11H,1-5,9H2,(H,18,19,20). The van der Waals surface area contributed by atoms with Crippen LogP contribution in [0.3, 0.4) is 0 Å². The Labute approximate surface area is 116 Å². The van der Waals surface area contributed by atoms with Gasteiger partial charge in [-0.3, -0.25) is 5.10 Å². The zero-order chi connectivity index (χ0) is 13.9. The van der Waals surface area contributed by atoms with E-state index in [1.54, 1.807) is 6.07 Å². The van der Waals surface area contributed by atoms with Crippen LogP contribution in [0.25, 0.3) is 0 Å². The first-order valence-corrected chi connectivity index (χ1v) is 7.07. The molecule has 0 atom stereocenters. The number of nitrogens with one attached hydrogen (secondary N) is 1. The van der Waals surface area contributed by atoms with Crippen molar-refractivity contribution in [3.63, 3.8) is 0 Å². The minimum atomic E-state index is -0.825. The van der Waals surface area contributed by atoms with Crippen molar-refractivity contribution in [2.45, 2.75) is 44.4 Å². The maximum Gasteiger partial charge on any atom is 0.159 e. The molecule has 2 aromatic rings. The third-order valence-electron chi connectivity index (χ3n) is 3.87. The summed E-state index contributed by atoms with van der Waals surface area (Å²) in [7, 11) is 0. The number of aromatic amines is 1. The lowest BCUT2D eigenvalue weighted by Gasteiger charge is -2.18. The van der Waals surface area contributed by atoms with E-state index in [2.05, 4.69) is 15.2 Å². The molecule has 3 nitrogen and oxygen atoms in total. The van der Waals surface area contributed by atoms with E-state index < -0.39 is 11.6 Å². The highest BCUT2D eigenvalue weighted by atomic mass is 19.2. The van der Waals surface area contributed by atoms with Crippen LogP contribution in [0.2, 0.25) is 0 Å². The van der Waals surface area contributed by atoms with Crippen LogP contribution in [0.1, 0.15) is 55.2 Å². The summed E-state index contributed by atoms with van der Waals surface area (Å²) in [6.45, 7) is 0. The first-order valence-electron chi connectivity index (χ1n) is 7.07. The maximum atomic E-state index is 13.2. The molecule has 0 aliphatic heterocycles. The van der Waals surface area contributed by atoms with Gasteiger partial charge in [-0.15, -0.1) is 0 Å². The van der Waals surface area contributed by atoms with Crippen LogP contribution in [0.4, 0.5) is 8.78 Å². The van der Waals surface area contributed by atoms with Crippen molar-refractivity contribution in [1.82, 2.24) is 15.2 Å². The zero-order valence-electron chi connectivity index (χ0n) is 11.2. The first kappa shape index (κ1) is 13.2. The lowest BCUT2D eigenvalue weighted by Crippen LogP contribution is -2.06. The Balaban J connectivity index is 1.71. The molecule has 1 aliphatic rings. The van der Waals surface area contributed by atoms with E-state index in [4.69, 9.17) is 0 Å². The van der Waals surface area contributed by atoms with Gasteiger partial charge in [0, 0.05) is 12.3 Å². The highest BCUT2D eigenvalue weighted by Gasteiger charge is 2.19. The van der Waals surface area contributed by atoms with Crippen molar-refractivity contribution in [3.8, 4) is 0 Å². The molecule has 106 valence electrons. The number of hydrogen-bond donors (Lipinski definition) is 1. The molecule has 1 aliphatic carbocycles. The highest BCUT2D eigenvalue weighted by molar-refractivity contribution is 5.21. The van der Waals surface area contributed by atoms with E-state index in [0.717, 1.165) is 24.7 Å². The molecule has 1 aromatic carbocycles. The van der Waals surface area contributed by atoms with Crippen LogP contribution < -0.4 is 0 Å². The first-order chi connectivity index (χ1) is 9.72. The fourth-order valence-electron chi connectivity index (χ4n) is 2.78. The van der Waals surface area contributed by atoms with Crippen molar-refractivity contribution >= 4 is 0 Å². The van der Waals surface area contributed by atoms with Crippen LogP contribution >= 0.6 is 0 Å². The van der Waals surface area contributed by atoms with E-state index in [-0.39, 0.29) is 0 Å². The Morgan fingerprint density at radius 3 is 2.65 bits per heavy atom. The Morgan fingerprint density at radius 1 is 1.10 bits per heavy atom. The summed E-state index contributed by atoms with van der Waals surface area (Å²) in [4.78, 5) is 4.50. The van der Waals surface area contributed by atoms with E-state index in [1.165, 1.54) is 25.3 Å². The second-order valence-corrected chi connectivity index (χ2v) is 5.40. The monoisotopic (exact) mass is 277 g/mol. The molecule has 5 heteroatoms. The van der Waals surface area contributed by atoms with Crippen LogP contribution in [0, 0.1) is 11.6 Å². The SMILES string of the molecule is Fc1ccc(Cc2nc(C3CCCCC3)n[nH]2)cc1F. The number of halogens is 2. The van der Waals surface area contributed by atoms with E-state index in [9.17, 15) is 8.78 Å². The lowest BCUT2D eigenvalue weighted by atomic mass is 9.89. The predicted octanol–water partition coefficient (Wildman–Crippen LogP) is 3.72. The van der Waals surface area contributed by atoms with E-state index >= 15 is 0 Å². The molecular weight excluding hydrogens is 260 g/mol. The molecule has 20 heavy (non-hydrogen) atoms. The van der Waals surface area contributed by atoms with Gasteiger partial charge in [-0.05, 0) is 30.5 Å². The van der Waals surface area contributed by atoms with Crippen LogP contribution in [0.5, 0.6) is 0 Å². The molecule has 1 N–H and O–H groups in total. The van der Waals surface area contributed by atoms with Gasteiger partial charge in [0.15, 0.2) is 17.5 Å². The summed E-state index contributed by atoms with van der Waals surface area (Å²) in [6.07, 6.45) is 6.49. The summed E-state index contributed by atoms with van der Waals surface area (Å²) >= 11 is 0. The molecule has 0 unspecified atom stereocenters. The Bertz CT molecular complexity index is 589. The minimum absolute atomic E-state index is 0.441. The molecule has 1 fully saturated rings. The van der Waals surface area contributed by atoms with Crippen molar-refractivity contribution in [3.05, 3.63) is 47.0 Å². The van der Waals surface area contributed by atoms with E-state index in [0.29, 0.717) is 23.7 Å². The van der Waals surface area contributed by atoms with Gasteiger partial charge in [-0.1, -0.05) is 25.3 Å². The van der Waals surface area contributed by atoms with Gasteiger partial charge in [-0.25, -0.2) is 13.8 Å². The van der Waals surface area contributed by atoms with Gasteiger partial charge >= 0.3 is 0 Å². The van der Waals surface area contributed by atoms with Crippen molar-refractivity contribution < 1.29 is 8.78 Å². The van der Waals surface area contributed by atoms with Crippen molar-refractivity contribution in [2.75, 3.05) is 0 Å². The number of aromatic nitrogens is 3. The molecule has 0 saturated heterocycles. The normalized spacial score (nSPS) is 16.5. The van der Waals surface area contributed by atoms with E-state index in [1.807, 2.05) is 0 Å². The average molecular weight is 277 g/mol. The second-order valence-electron chi connectivity index (χ2n) is 5.40. The largest absolute Gasteiger partial charge is 0.263 e. The predicted molar refractivity (Wildman–Crippen MR) is 71.4 cm³/mol. The molecule has 0 spiro atoms. The third kappa shape index (κ3) is 2.86. The number of benzene rings is 1. The zero-order valence-corrected chi connectivity index (χ0v) is 11.2. The number of nitrogens with zero attached hydrogens (tertiary/aromatic N) is 2. The molecular formula is C15H17F2N3. The number of rotatable bonds is 3. The molecule has 0 bridgehead atoms. The fraction of sp³-hybridized carbons (Fsp3) is 0.467. The molecule has 1 aromatic heterocycles. The van der Waals surface area contributed by atoms with Gasteiger partial charge < -0.3 is 0 Å². The topological polar surface area (TPSA) is 41.6 Å². The molecule has 1 heterocycles. The van der Waals surface area contributed by atoms with Gasteiger partial charge in [0.05, 0.1) is 0 Å². The summed E-state index contributed by atoms with van der Waals surface area (Å²) in [6, 6.07) is 3.92. The Kier molecular flexibility index (Phi) is 3.76. The van der Waals surface area contributed by atoms with Crippen molar-refractivity contribution in [1.29, 1.82) is 0 Å². The van der Waals surface area contributed by atoms with Gasteiger partial charge in [-0.2, -0.15) is 5.10 Å². The fourth-order valence-corrected chi connectivity index (χ4v) is 2.78. The third-order valence-corrected chi connectivity index (χ3v) is 3.87. The Morgan fingerprint density at radius 2 is 1.90 bits per heavy atom. The second kappa shape index (κ2) is 5.69. The summed E-state index contributed by atoms with van der Waals surface area (Å²) in [5.41, 5.74) is 0.690. The maximum absolute atomic E-state index is 13.2. The van der Waals surface area contributed by atoms with Crippen LogP contribution in [0.15, 0.2) is 18.2 Å². The minimum Gasteiger partial charge on any atom is -0.263 e. The van der Waals surface area contributed by atoms with Crippen LogP contribution in [-0.4, -0.2) is 15.2 Å². The lowest BCUT2D eigenvalue weighted by molar-refractivity contribution is 0.429. The van der Waals surface area contributed by atoms with Gasteiger partial charge in [0.2, 0.25) is 0 Å². The molecule has 3 rings (SSSR count). The molecule has 1 saturated carbocycles. The summed E-state index contributed by atoms with van der Waals surface area (Å²) in [5.74, 6) is 0.362. The Hall–Kier alpha value is -1.78. The van der Waals surface area contributed by atoms with Gasteiger partial charge in [0.25, 0.3) is 0 Å². The van der Waals surface area contributed by atoms with Gasteiger partial charge in [0.1, 0.15) is 5.82 Å². The highest BCUT2D eigenvalue weighted by Crippen LogP contribution is 2.30.